The first-order chi connectivity index (χ1) is 10.3. The Balaban J connectivity index is 0.00000264. The molecule has 0 amide bonds. The van der Waals surface area contributed by atoms with Crippen molar-refractivity contribution in [1.29, 1.82) is 0 Å². The van der Waals surface area contributed by atoms with Gasteiger partial charge in [0.05, 0.1) is 31.5 Å². The summed E-state index contributed by atoms with van der Waals surface area (Å²) in [5, 5.41) is 0. The molecule has 0 aromatic carbocycles. The number of halogens is 1. The van der Waals surface area contributed by atoms with Crippen molar-refractivity contribution in [2.24, 2.45) is 10.7 Å². The second-order valence-electron chi connectivity index (χ2n) is 7.28. The molecule has 0 bridgehead atoms. The molecule has 2 N–H and O–H groups in total. The minimum absolute atomic E-state index is 0. The van der Waals surface area contributed by atoms with Crippen LogP contribution in [0.4, 0.5) is 0 Å². The molecule has 0 aliphatic carbocycles. The largest absolute Gasteiger partial charge is 0.375 e. The second kappa shape index (κ2) is 8.82. The van der Waals surface area contributed by atoms with E-state index in [1.807, 2.05) is 0 Å². The Morgan fingerprint density at radius 1 is 1.13 bits per heavy atom. The third-order valence-corrected chi connectivity index (χ3v) is 4.47. The smallest absolute Gasteiger partial charge is 0.191 e. The van der Waals surface area contributed by atoms with Gasteiger partial charge in [-0.25, -0.2) is 0 Å². The molecular formula is C16H33IN4O2. The van der Waals surface area contributed by atoms with E-state index >= 15 is 0 Å². The van der Waals surface area contributed by atoms with Gasteiger partial charge in [0.15, 0.2) is 5.96 Å². The summed E-state index contributed by atoms with van der Waals surface area (Å²) >= 11 is 0. The first-order valence-electron chi connectivity index (χ1n) is 8.35. The molecule has 0 radical (unpaired) electrons. The summed E-state index contributed by atoms with van der Waals surface area (Å²) in [5.41, 5.74) is 6.16. The quantitative estimate of drug-likeness (QED) is 0.410. The Bertz CT molecular complexity index is 396. The van der Waals surface area contributed by atoms with Crippen LogP contribution in [0.5, 0.6) is 0 Å². The molecule has 3 unspecified atom stereocenters. The average Bonchev–Trinajstić information content (AvgIpc) is 2.44. The lowest BCUT2D eigenvalue weighted by Crippen LogP contribution is -2.56. The van der Waals surface area contributed by atoms with Crippen LogP contribution in [0.25, 0.3) is 0 Å². The van der Waals surface area contributed by atoms with Crippen molar-refractivity contribution in [2.75, 3.05) is 39.3 Å². The highest BCUT2D eigenvalue weighted by molar-refractivity contribution is 14.0. The van der Waals surface area contributed by atoms with E-state index in [0.717, 1.165) is 32.8 Å². The molecule has 7 heteroatoms. The molecule has 6 nitrogen and oxygen atoms in total. The van der Waals surface area contributed by atoms with Crippen molar-refractivity contribution in [3.05, 3.63) is 0 Å². The fourth-order valence-electron chi connectivity index (χ4n) is 3.17. The summed E-state index contributed by atoms with van der Waals surface area (Å²) in [5.74, 6) is 0.637. The van der Waals surface area contributed by atoms with Crippen LogP contribution < -0.4 is 5.73 Å². The number of nitrogens with zero attached hydrogens (tertiary/aromatic N) is 3. The van der Waals surface area contributed by atoms with Crippen molar-refractivity contribution in [3.63, 3.8) is 0 Å². The SMILES string of the molecule is CC1CN(C(N)=NCC(C)(C)N2CC(C)OC(C)C2)CCO1.I. The van der Waals surface area contributed by atoms with E-state index in [1.165, 1.54) is 0 Å². The van der Waals surface area contributed by atoms with Crippen molar-refractivity contribution in [3.8, 4) is 0 Å². The molecule has 0 aromatic heterocycles. The molecule has 23 heavy (non-hydrogen) atoms. The molecule has 2 rings (SSSR count). The summed E-state index contributed by atoms with van der Waals surface area (Å²) in [4.78, 5) is 9.24. The van der Waals surface area contributed by atoms with E-state index in [2.05, 4.69) is 49.4 Å². The Morgan fingerprint density at radius 2 is 1.74 bits per heavy atom. The molecule has 0 spiro atoms. The number of hydrogen-bond acceptors (Lipinski definition) is 4. The maximum Gasteiger partial charge on any atom is 0.191 e. The van der Waals surface area contributed by atoms with E-state index in [1.54, 1.807) is 0 Å². The number of rotatable bonds is 3. The Morgan fingerprint density at radius 3 is 2.30 bits per heavy atom. The first-order valence-corrected chi connectivity index (χ1v) is 8.35. The van der Waals surface area contributed by atoms with Gasteiger partial charge < -0.3 is 20.1 Å². The van der Waals surface area contributed by atoms with E-state index in [0.29, 0.717) is 12.5 Å². The van der Waals surface area contributed by atoms with Gasteiger partial charge in [0.1, 0.15) is 0 Å². The molecule has 2 aliphatic heterocycles. The highest BCUT2D eigenvalue weighted by Gasteiger charge is 2.33. The van der Waals surface area contributed by atoms with Gasteiger partial charge in [0.2, 0.25) is 0 Å². The fraction of sp³-hybridized carbons (Fsp3) is 0.938. The number of aliphatic imine (C=N–C) groups is 1. The zero-order chi connectivity index (χ0) is 16.3. The van der Waals surface area contributed by atoms with Crippen molar-refractivity contribution in [2.45, 2.75) is 58.5 Å². The predicted molar refractivity (Wildman–Crippen MR) is 105 cm³/mol. The topological polar surface area (TPSA) is 63.3 Å². The van der Waals surface area contributed by atoms with Crippen LogP contribution in [-0.2, 0) is 9.47 Å². The van der Waals surface area contributed by atoms with Crippen molar-refractivity contribution >= 4 is 29.9 Å². The standard InChI is InChI=1S/C16H32N4O2.HI/c1-12-8-19(6-7-21-12)15(17)18-11-16(4,5)20-9-13(2)22-14(3)10-20;/h12-14H,6-11H2,1-5H3,(H2,17,18);1H. The van der Waals surface area contributed by atoms with Gasteiger partial charge in [-0.15, -0.1) is 24.0 Å². The number of morpholine rings is 2. The molecular weight excluding hydrogens is 407 g/mol. The van der Waals surface area contributed by atoms with E-state index in [9.17, 15) is 0 Å². The molecule has 3 atom stereocenters. The summed E-state index contributed by atoms with van der Waals surface area (Å²) in [7, 11) is 0. The predicted octanol–water partition coefficient (Wildman–Crippen LogP) is 1.53. The van der Waals surface area contributed by atoms with Crippen LogP contribution in [0.3, 0.4) is 0 Å². The lowest BCUT2D eigenvalue weighted by molar-refractivity contribution is -0.0939. The lowest BCUT2D eigenvalue weighted by Gasteiger charge is -2.44. The van der Waals surface area contributed by atoms with Crippen molar-refractivity contribution < 1.29 is 9.47 Å². The summed E-state index contributed by atoms with van der Waals surface area (Å²) in [6.45, 7) is 15.8. The fourth-order valence-corrected chi connectivity index (χ4v) is 3.17. The van der Waals surface area contributed by atoms with Gasteiger partial charge in [-0.05, 0) is 34.6 Å². The monoisotopic (exact) mass is 440 g/mol. The zero-order valence-corrected chi connectivity index (χ0v) is 17.4. The highest BCUT2D eigenvalue weighted by Crippen LogP contribution is 2.21. The van der Waals surface area contributed by atoms with Crippen LogP contribution in [0.2, 0.25) is 0 Å². The third-order valence-electron chi connectivity index (χ3n) is 4.47. The minimum Gasteiger partial charge on any atom is -0.375 e. The van der Waals surface area contributed by atoms with Crippen LogP contribution in [0.15, 0.2) is 4.99 Å². The molecule has 136 valence electrons. The summed E-state index contributed by atoms with van der Waals surface area (Å²) < 4.78 is 11.4. The van der Waals surface area contributed by atoms with Gasteiger partial charge in [-0.3, -0.25) is 9.89 Å². The number of hydrogen-bond donors (Lipinski definition) is 1. The molecule has 2 aliphatic rings. The molecule has 2 heterocycles. The Kier molecular flexibility index (Phi) is 8.03. The second-order valence-corrected chi connectivity index (χ2v) is 7.28. The van der Waals surface area contributed by atoms with Crippen LogP contribution >= 0.6 is 24.0 Å². The van der Waals surface area contributed by atoms with Gasteiger partial charge >= 0.3 is 0 Å². The van der Waals surface area contributed by atoms with Gasteiger partial charge in [-0.1, -0.05) is 0 Å². The zero-order valence-electron chi connectivity index (χ0n) is 15.1. The third kappa shape index (κ3) is 6.03. The number of ether oxygens (including phenoxy) is 2. The summed E-state index contributed by atoms with van der Waals surface area (Å²) in [6, 6.07) is 0. The van der Waals surface area contributed by atoms with Crippen molar-refractivity contribution in [1.82, 2.24) is 9.80 Å². The Hall–Kier alpha value is -0.120. The van der Waals surface area contributed by atoms with E-state index in [4.69, 9.17) is 15.2 Å². The lowest BCUT2D eigenvalue weighted by atomic mass is 10.0. The Labute approximate surface area is 157 Å². The highest BCUT2D eigenvalue weighted by atomic mass is 127. The van der Waals surface area contributed by atoms with Crippen LogP contribution in [-0.4, -0.2) is 78.9 Å². The van der Waals surface area contributed by atoms with Gasteiger partial charge in [0, 0.05) is 31.7 Å². The maximum atomic E-state index is 6.18. The van der Waals surface area contributed by atoms with Crippen LogP contribution in [0, 0.1) is 0 Å². The van der Waals surface area contributed by atoms with E-state index in [-0.39, 0.29) is 47.8 Å². The van der Waals surface area contributed by atoms with E-state index < -0.39 is 0 Å². The molecule has 2 fully saturated rings. The molecule has 0 saturated carbocycles. The van der Waals surface area contributed by atoms with Crippen LogP contribution in [0.1, 0.15) is 34.6 Å². The first kappa shape index (κ1) is 20.9. The summed E-state index contributed by atoms with van der Waals surface area (Å²) in [6.07, 6.45) is 0.755. The average molecular weight is 440 g/mol. The maximum absolute atomic E-state index is 6.18. The number of guanidine groups is 1. The van der Waals surface area contributed by atoms with Gasteiger partial charge in [0.25, 0.3) is 0 Å². The minimum atomic E-state index is -0.0190. The molecule has 2 saturated heterocycles. The van der Waals surface area contributed by atoms with Gasteiger partial charge in [-0.2, -0.15) is 0 Å². The number of nitrogens with two attached hydrogens (primary N) is 1. The molecule has 0 aromatic rings. The normalized spacial score (nSPS) is 30.9.